The molecular formula is C46H40N6. The Morgan fingerprint density at radius 3 is 1.10 bits per heavy atom. The van der Waals surface area contributed by atoms with E-state index in [9.17, 15) is 0 Å². The first kappa shape index (κ1) is 29.3. The number of benzene rings is 6. The molecule has 0 unspecified atom stereocenters. The Kier molecular flexibility index (Phi) is 6.25. The van der Waals surface area contributed by atoms with Gasteiger partial charge in [-0.15, -0.1) is 0 Å². The Labute approximate surface area is 302 Å². The monoisotopic (exact) mass is 676 g/mol. The van der Waals surface area contributed by atoms with Crippen LogP contribution in [-0.2, 0) is 0 Å². The molecule has 2 aliphatic carbocycles. The molecule has 8 aromatic rings. The van der Waals surface area contributed by atoms with Gasteiger partial charge in [0.05, 0.1) is 34.2 Å². The third kappa shape index (κ3) is 4.70. The summed E-state index contributed by atoms with van der Waals surface area (Å²) in [5.41, 5.74) is 11.7. The van der Waals surface area contributed by atoms with Gasteiger partial charge in [-0.25, -0.2) is 9.97 Å². The van der Waals surface area contributed by atoms with Gasteiger partial charge in [0, 0.05) is 12.1 Å². The Balaban J connectivity index is 0.793. The number of aromatic amines is 2. The second-order valence-electron chi connectivity index (χ2n) is 16.1. The third-order valence-electron chi connectivity index (χ3n) is 13.1. The van der Waals surface area contributed by atoms with Crippen LogP contribution in [0.2, 0.25) is 0 Å². The van der Waals surface area contributed by atoms with Crippen LogP contribution in [0.3, 0.4) is 0 Å². The number of hydrogen-bond acceptors (Lipinski definition) is 4. The summed E-state index contributed by atoms with van der Waals surface area (Å²) >= 11 is 0. The first-order chi connectivity index (χ1) is 25.6. The topological polar surface area (TPSA) is 81.4 Å². The van der Waals surface area contributed by atoms with Crippen LogP contribution in [0, 0.1) is 11.8 Å². The molecule has 0 spiro atoms. The maximum atomic E-state index is 4.96. The van der Waals surface area contributed by atoms with E-state index in [1.54, 1.807) is 0 Å². The first-order valence-electron chi connectivity index (χ1n) is 19.2. The molecule has 6 nitrogen and oxygen atoms in total. The zero-order valence-corrected chi connectivity index (χ0v) is 29.0. The summed E-state index contributed by atoms with van der Waals surface area (Å²) in [4.78, 5) is 17.2. The van der Waals surface area contributed by atoms with E-state index in [2.05, 4.69) is 130 Å². The number of nitrogens with zero attached hydrogens (tertiary/aromatic N) is 2. The van der Waals surface area contributed by atoms with E-state index in [0.29, 0.717) is 24.2 Å². The van der Waals surface area contributed by atoms with Gasteiger partial charge in [-0.05, 0) is 154 Å². The molecule has 4 N–H and O–H groups in total. The Hall–Kier alpha value is -5.30. The molecule has 6 atom stereocenters. The van der Waals surface area contributed by atoms with Crippen LogP contribution in [0.15, 0.2) is 109 Å². The van der Waals surface area contributed by atoms with Crippen molar-refractivity contribution >= 4 is 43.6 Å². The Bertz CT molecular complexity index is 2510. The quantitative estimate of drug-likeness (QED) is 0.146. The summed E-state index contributed by atoms with van der Waals surface area (Å²) < 4.78 is 0. The van der Waals surface area contributed by atoms with Crippen molar-refractivity contribution in [3.8, 4) is 33.4 Å². The minimum atomic E-state index is 0.356. The number of H-pyrrole nitrogens is 2. The number of rotatable bonds is 5. The van der Waals surface area contributed by atoms with Crippen LogP contribution in [0.4, 0.5) is 0 Å². The highest BCUT2D eigenvalue weighted by atomic mass is 15.1. The van der Waals surface area contributed by atoms with Crippen molar-refractivity contribution < 1.29 is 0 Å². The highest BCUT2D eigenvalue weighted by molar-refractivity contribution is 5.95. The molecule has 2 aromatic heterocycles. The first-order valence-corrected chi connectivity index (χ1v) is 19.2. The van der Waals surface area contributed by atoms with Crippen LogP contribution in [-0.4, -0.2) is 32.0 Å². The van der Waals surface area contributed by atoms with Crippen molar-refractivity contribution in [2.24, 2.45) is 11.8 Å². The van der Waals surface area contributed by atoms with Crippen LogP contribution in [0.5, 0.6) is 0 Å². The van der Waals surface area contributed by atoms with Gasteiger partial charge < -0.3 is 20.6 Å². The molecule has 12 rings (SSSR count). The second kappa shape index (κ2) is 11.1. The molecule has 2 aliphatic heterocycles. The molecule has 4 fully saturated rings. The lowest BCUT2D eigenvalue weighted by atomic mass is 9.80. The fourth-order valence-electron chi connectivity index (χ4n) is 9.74. The van der Waals surface area contributed by atoms with Crippen LogP contribution in [0.1, 0.15) is 62.3 Å². The van der Waals surface area contributed by atoms with Crippen LogP contribution < -0.4 is 10.6 Å². The van der Waals surface area contributed by atoms with Gasteiger partial charge in [-0.3, -0.25) is 0 Å². The fourth-order valence-corrected chi connectivity index (χ4v) is 9.74. The lowest BCUT2D eigenvalue weighted by molar-refractivity contribution is 0.276. The molecule has 254 valence electrons. The zero-order chi connectivity index (χ0) is 33.9. The summed E-state index contributed by atoms with van der Waals surface area (Å²) in [7, 11) is 0. The van der Waals surface area contributed by atoms with Gasteiger partial charge in [0.1, 0.15) is 11.6 Å². The van der Waals surface area contributed by atoms with Gasteiger partial charge in [0.15, 0.2) is 0 Å². The minimum absolute atomic E-state index is 0.356. The van der Waals surface area contributed by atoms with Crippen LogP contribution >= 0.6 is 0 Å². The van der Waals surface area contributed by atoms with Crippen LogP contribution in [0.25, 0.3) is 77.0 Å². The highest BCUT2D eigenvalue weighted by Crippen LogP contribution is 2.43. The molecular weight excluding hydrogens is 637 g/mol. The summed E-state index contributed by atoms with van der Waals surface area (Å²) in [6.45, 7) is 0. The van der Waals surface area contributed by atoms with Gasteiger partial charge in [0.2, 0.25) is 0 Å². The second-order valence-corrected chi connectivity index (χ2v) is 16.1. The van der Waals surface area contributed by atoms with Crippen molar-refractivity contribution in [2.45, 2.75) is 62.7 Å². The summed E-state index contributed by atoms with van der Waals surface area (Å²) in [5.74, 6) is 3.84. The average Bonchev–Trinajstić information content (AvgIpc) is 3.93. The third-order valence-corrected chi connectivity index (χ3v) is 13.1. The fraction of sp³-hybridized carbons (Fsp3) is 0.261. The summed E-state index contributed by atoms with van der Waals surface area (Å²) in [6.07, 6.45) is 7.74. The molecule has 4 aliphatic rings. The highest BCUT2D eigenvalue weighted by Gasteiger charge is 2.42. The normalized spacial score (nSPS) is 25.1. The van der Waals surface area contributed by atoms with E-state index in [4.69, 9.17) is 9.97 Å². The predicted octanol–water partition coefficient (Wildman–Crippen LogP) is 10.4. The predicted molar refractivity (Wildman–Crippen MR) is 211 cm³/mol. The standard InChI is InChI=1S/C46H40N6/c1-3-29-19-31(33-9-15-39-41(21-33)51-45(49-39)43-23-35-11-13-37(35)47-43)7-5-27(29)17-25(1)26-2-4-30-20-32(8-6-28(30)18-26)34-10-16-40-42(22-34)52-46(50-40)44-24-36-12-14-38(36)48-44/h1-10,15-22,35-38,43-44,47-48H,11-14,23-24H2,(H,49,51)(H,50,52)/t35-,36-,37-,38-,43+,44+/m1/s1. The van der Waals surface area contributed by atoms with E-state index in [0.717, 1.165) is 45.6 Å². The Morgan fingerprint density at radius 1 is 0.404 bits per heavy atom. The largest absolute Gasteiger partial charge is 0.341 e. The van der Waals surface area contributed by atoms with Crippen molar-refractivity contribution in [1.82, 2.24) is 30.6 Å². The number of nitrogens with one attached hydrogen (secondary N) is 4. The molecule has 52 heavy (non-hydrogen) atoms. The lowest BCUT2D eigenvalue weighted by Gasteiger charge is -2.29. The molecule has 2 saturated carbocycles. The van der Waals surface area contributed by atoms with E-state index >= 15 is 0 Å². The van der Waals surface area contributed by atoms with Gasteiger partial charge >= 0.3 is 0 Å². The minimum Gasteiger partial charge on any atom is -0.341 e. The molecule has 0 radical (unpaired) electrons. The van der Waals surface area contributed by atoms with Gasteiger partial charge in [0.25, 0.3) is 0 Å². The number of imidazole rings is 2. The number of hydrogen-bond donors (Lipinski definition) is 4. The van der Waals surface area contributed by atoms with E-state index in [1.165, 1.54) is 93.5 Å². The van der Waals surface area contributed by atoms with E-state index in [1.807, 2.05) is 0 Å². The maximum Gasteiger partial charge on any atom is 0.124 e. The van der Waals surface area contributed by atoms with Crippen molar-refractivity contribution in [1.29, 1.82) is 0 Å². The van der Waals surface area contributed by atoms with Gasteiger partial charge in [-0.1, -0.05) is 60.7 Å². The molecule has 6 heteroatoms. The van der Waals surface area contributed by atoms with E-state index < -0.39 is 0 Å². The summed E-state index contributed by atoms with van der Waals surface area (Å²) in [5, 5.41) is 12.6. The molecule has 2 saturated heterocycles. The molecule has 4 heterocycles. The average molecular weight is 677 g/mol. The SMILES string of the molecule is c1cc2cc(-c3ccc4nc([C@@H]5C[C@H]6CC[C@H]6N5)[nH]c4c3)ccc2cc1-c1ccc2cc(-c3ccc4nc([C@@H]5C[C@H]6CC[C@H]6N5)[nH]c4c3)ccc2c1. The maximum absolute atomic E-state index is 4.96. The molecule has 0 bridgehead atoms. The molecule has 6 aromatic carbocycles. The van der Waals surface area contributed by atoms with Crippen molar-refractivity contribution in [3.05, 3.63) is 121 Å². The smallest absolute Gasteiger partial charge is 0.124 e. The van der Waals surface area contributed by atoms with Crippen molar-refractivity contribution in [2.75, 3.05) is 0 Å². The summed E-state index contributed by atoms with van der Waals surface area (Å²) in [6, 6.07) is 42.7. The van der Waals surface area contributed by atoms with E-state index in [-0.39, 0.29) is 0 Å². The lowest BCUT2D eigenvalue weighted by Crippen LogP contribution is -2.35. The number of aromatic nitrogens is 4. The zero-order valence-electron chi connectivity index (χ0n) is 29.0. The molecule has 0 amide bonds. The Morgan fingerprint density at radius 2 is 0.769 bits per heavy atom. The van der Waals surface area contributed by atoms with Gasteiger partial charge in [-0.2, -0.15) is 0 Å². The van der Waals surface area contributed by atoms with Crippen molar-refractivity contribution in [3.63, 3.8) is 0 Å². The number of fused-ring (bicyclic) bond motifs is 6.